The Hall–Kier alpha value is -2.87. The number of alkyl halides is 3. The molecule has 0 bridgehead atoms. The zero-order valence-corrected chi connectivity index (χ0v) is 13.3. The van der Waals surface area contributed by atoms with Gasteiger partial charge in [-0.25, -0.2) is 15.0 Å². The van der Waals surface area contributed by atoms with E-state index in [0.717, 1.165) is 5.56 Å². The Kier molecular flexibility index (Phi) is 4.71. The molecule has 0 atom stereocenters. The van der Waals surface area contributed by atoms with Gasteiger partial charge in [0, 0.05) is 29.2 Å². The van der Waals surface area contributed by atoms with Crippen LogP contribution in [0.3, 0.4) is 0 Å². The molecule has 0 unspecified atom stereocenters. The third-order valence-corrected chi connectivity index (χ3v) is 3.36. The lowest BCUT2D eigenvalue weighted by Crippen LogP contribution is -2.20. The smallest absolute Gasteiger partial charge is 0.340 e. The second kappa shape index (κ2) is 6.94. The summed E-state index contributed by atoms with van der Waals surface area (Å²) in [6.45, 7) is 0. The van der Waals surface area contributed by atoms with Gasteiger partial charge in [0.2, 0.25) is 0 Å². The van der Waals surface area contributed by atoms with E-state index in [0.29, 0.717) is 22.4 Å². The SMILES string of the molecule is FC(F)(F)Nc1ccc(Nc2cc(-c3ccc(Cl)nc3)ncn2)cc1. The number of anilines is 3. The van der Waals surface area contributed by atoms with E-state index in [-0.39, 0.29) is 5.69 Å². The summed E-state index contributed by atoms with van der Waals surface area (Å²) < 4.78 is 36.8. The van der Waals surface area contributed by atoms with Gasteiger partial charge in [0.15, 0.2) is 0 Å². The monoisotopic (exact) mass is 365 g/mol. The summed E-state index contributed by atoms with van der Waals surface area (Å²) >= 11 is 5.76. The third-order valence-electron chi connectivity index (χ3n) is 3.13. The van der Waals surface area contributed by atoms with Gasteiger partial charge in [-0.3, -0.25) is 5.32 Å². The first kappa shape index (κ1) is 17.0. The van der Waals surface area contributed by atoms with E-state index in [4.69, 9.17) is 11.6 Å². The quantitative estimate of drug-likeness (QED) is 0.510. The van der Waals surface area contributed by atoms with Crippen LogP contribution in [-0.4, -0.2) is 21.3 Å². The van der Waals surface area contributed by atoms with Crippen LogP contribution in [0.4, 0.5) is 30.4 Å². The summed E-state index contributed by atoms with van der Waals surface area (Å²) in [7, 11) is 0. The highest BCUT2D eigenvalue weighted by Gasteiger charge is 2.26. The fourth-order valence-corrected chi connectivity index (χ4v) is 2.17. The van der Waals surface area contributed by atoms with E-state index >= 15 is 0 Å². The van der Waals surface area contributed by atoms with Crippen molar-refractivity contribution in [2.45, 2.75) is 6.30 Å². The van der Waals surface area contributed by atoms with Crippen LogP contribution in [0.2, 0.25) is 5.15 Å². The number of halogens is 4. The van der Waals surface area contributed by atoms with Gasteiger partial charge in [0.1, 0.15) is 17.3 Å². The molecule has 0 amide bonds. The Morgan fingerprint density at radius 2 is 1.60 bits per heavy atom. The Balaban J connectivity index is 1.75. The summed E-state index contributed by atoms with van der Waals surface area (Å²) in [4.78, 5) is 12.3. The maximum atomic E-state index is 12.3. The molecule has 1 aromatic carbocycles. The molecule has 9 heteroatoms. The lowest BCUT2D eigenvalue weighted by atomic mass is 10.2. The average molecular weight is 366 g/mol. The maximum Gasteiger partial charge on any atom is 0.482 e. The van der Waals surface area contributed by atoms with Crippen molar-refractivity contribution < 1.29 is 13.2 Å². The molecule has 3 rings (SSSR count). The summed E-state index contributed by atoms with van der Waals surface area (Å²) in [5.41, 5.74) is 1.94. The number of hydrogen-bond acceptors (Lipinski definition) is 5. The predicted octanol–water partition coefficient (Wildman–Crippen LogP) is 4.87. The molecule has 2 heterocycles. The van der Waals surface area contributed by atoms with Crippen molar-refractivity contribution in [1.29, 1.82) is 0 Å². The molecule has 0 saturated carbocycles. The second-order valence-electron chi connectivity index (χ2n) is 4.98. The standard InChI is InChI=1S/C16H11ClF3N5/c17-14-6-1-10(8-21-14)13-7-15(23-9-22-13)24-11-2-4-12(5-3-11)25-16(18,19)20/h1-9,25H,(H,22,23,24). The molecule has 2 N–H and O–H groups in total. The molecule has 0 aliphatic rings. The summed E-state index contributed by atoms with van der Waals surface area (Å²) in [6, 6.07) is 10.8. The first-order valence-corrected chi connectivity index (χ1v) is 7.43. The minimum absolute atomic E-state index is 0.0475. The minimum Gasteiger partial charge on any atom is -0.340 e. The number of benzene rings is 1. The highest BCUT2D eigenvalue weighted by Crippen LogP contribution is 2.24. The van der Waals surface area contributed by atoms with Gasteiger partial charge in [-0.15, -0.1) is 0 Å². The highest BCUT2D eigenvalue weighted by atomic mass is 35.5. The molecule has 25 heavy (non-hydrogen) atoms. The van der Waals surface area contributed by atoms with Crippen LogP contribution < -0.4 is 10.6 Å². The Morgan fingerprint density at radius 1 is 0.880 bits per heavy atom. The Bertz CT molecular complexity index is 851. The van der Waals surface area contributed by atoms with Crippen LogP contribution in [-0.2, 0) is 0 Å². The van der Waals surface area contributed by atoms with Gasteiger partial charge in [-0.1, -0.05) is 11.6 Å². The molecule has 0 saturated heterocycles. The van der Waals surface area contributed by atoms with Crippen LogP contribution in [0.1, 0.15) is 0 Å². The second-order valence-corrected chi connectivity index (χ2v) is 5.37. The van der Waals surface area contributed by atoms with Crippen molar-refractivity contribution in [2.24, 2.45) is 0 Å². The summed E-state index contributed by atoms with van der Waals surface area (Å²) in [5.74, 6) is 0.497. The molecule has 0 aliphatic heterocycles. The van der Waals surface area contributed by atoms with Gasteiger partial charge >= 0.3 is 6.30 Å². The molecule has 5 nitrogen and oxygen atoms in total. The third kappa shape index (κ3) is 4.80. The Morgan fingerprint density at radius 3 is 2.24 bits per heavy atom. The van der Waals surface area contributed by atoms with Crippen LogP contribution in [0.25, 0.3) is 11.3 Å². The first-order chi connectivity index (χ1) is 11.9. The molecule has 0 spiro atoms. The number of rotatable bonds is 4. The van der Waals surface area contributed by atoms with Crippen LogP contribution >= 0.6 is 11.6 Å². The maximum absolute atomic E-state index is 12.3. The van der Waals surface area contributed by atoms with E-state index in [1.54, 1.807) is 24.4 Å². The van der Waals surface area contributed by atoms with Crippen LogP contribution in [0.15, 0.2) is 55.0 Å². The average Bonchev–Trinajstić information content (AvgIpc) is 2.56. The molecule has 0 fully saturated rings. The zero-order chi connectivity index (χ0) is 17.9. The molecule has 0 aliphatic carbocycles. The fourth-order valence-electron chi connectivity index (χ4n) is 2.06. The number of pyridine rings is 1. The molecular formula is C16H11ClF3N5. The van der Waals surface area contributed by atoms with Gasteiger partial charge in [-0.05, 0) is 36.4 Å². The normalized spacial score (nSPS) is 11.2. The van der Waals surface area contributed by atoms with Crippen molar-refractivity contribution in [2.75, 3.05) is 10.6 Å². The lowest BCUT2D eigenvalue weighted by Gasteiger charge is -2.11. The van der Waals surface area contributed by atoms with E-state index < -0.39 is 6.30 Å². The topological polar surface area (TPSA) is 62.7 Å². The number of nitrogens with zero attached hydrogens (tertiary/aromatic N) is 3. The molecule has 0 radical (unpaired) electrons. The number of nitrogens with one attached hydrogen (secondary N) is 2. The zero-order valence-electron chi connectivity index (χ0n) is 12.5. The minimum atomic E-state index is -4.47. The van der Waals surface area contributed by atoms with Crippen molar-refractivity contribution in [3.05, 3.63) is 60.1 Å². The fraction of sp³-hybridized carbons (Fsp3) is 0.0625. The number of aromatic nitrogens is 3. The van der Waals surface area contributed by atoms with Crippen LogP contribution in [0, 0.1) is 0 Å². The molecular weight excluding hydrogens is 355 g/mol. The van der Waals surface area contributed by atoms with Crippen molar-refractivity contribution in [3.63, 3.8) is 0 Å². The highest BCUT2D eigenvalue weighted by molar-refractivity contribution is 6.29. The van der Waals surface area contributed by atoms with Gasteiger partial charge in [0.25, 0.3) is 0 Å². The molecule has 2 aromatic heterocycles. The lowest BCUT2D eigenvalue weighted by molar-refractivity contribution is -0.0999. The van der Waals surface area contributed by atoms with Gasteiger partial charge in [-0.2, -0.15) is 13.2 Å². The van der Waals surface area contributed by atoms with E-state index in [9.17, 15) is 13.2 Å². The predicted molar refractivity (Wildman–Crippen MR) is 89.7 cm³/mol. The number of hydrogen-bond donors (Lipinski definition) is 2. The van der Waals surface area contributed by atoms with Crippen molar-refractivity contribution in [1.82, 2.24) is 15.0 Å². The molecule has 128 valence electrons. The Labute approximate surface area is 145 Å². The van der Waals surface area contributed by atoms with Crippen LogP contribution in [0.5, 0.6) is 0 Å². The van der Waals surface area contributed by atoms with Crippen molar-refractivity contribution in [3.8, 4) is 11.3 Å². The first-order valence-electron chi connectivity index (χ1n) is 7.05. The van der Waals surface area contributed by atoms with E-state index in [1.165, 1.54) is 35.9 Å². The summed E-state index contributed by atoms with van der Waals surface area (Å²) in [6.07, 6.45) is -1.50. The largest absolute Gasteiger partial charge is 0.482 e. The van der Waals surface area contributed by atoms with E-state index in [1.807, 2.05) is 0 Å². The van der Waals surface area contributed by atoms with Gasteiger partial charge in [0.05, 0.1) is 5.69 Å². The van der Waals surface area contributed by atoms with Crippen molar-refractivity contribution >= 4 is 28.8 Å². The van der Waals surface area contributed by atoms with Gasteiger partial charge < -0.3 is 5.32 Å². The van der Waals surface area contributed by atoms with E-state index in [2.05, 4.69) is 20.3 Å². The molecule has 3 aromatic rings. The summed E-state index contributed by atoms with van der Waals surface area (Å²) in [5, 5.41) is 4.82.